The first kappa shape index (κ1) is 14.3. The van der Waals surface area contributed by atoms with Crippen LogP contribution in [0.15, 0.2) is 0 Å². The lowest BCUT2D eigenvalue weighted by atomic mass is 9.76. The lowest BCUT2D eigenvalue weighted by molar-refractivity contribution is -0.133. The fourth-order valence-corrected chi connectivity index (χ4v) is 3.16. The van der Waals surface area contributed by atoms with E-state index in [1.807, 2.05) is 6.92 Å². The molecule has 1 saturated heterocycles. The molecule has 1 aliphatic carbocycles. The second-order valence-electron chi connectivity index (χ2n) is 6.05. The Labute approximate surface area is 115 Å². The first-order valence-electron chi connectivity index (χ1n) is 7.47. The van der Waals surface area contributed by atoms with E-state index in [9.17, 15) is 10.1 Å². The Kier molecular flexibility index (Phi) is 4.46. The maximum atomic E-state index is 12.2. The Morgan fingerprint density at radius 1 is 1.37 bits per heavy atom. The summed E-state index contributed by atoms with van der Waals surface area (Å²) < 4.78 is 5.57. The molecular weight excluding hydrogens is 240 g/mol. The first-order chi connectivity index (χ1) is 9.08. The molecule has 4 heteroatoms. The van der Waals surface area contributed by atoms with Crippen molar-refractivity contribution in [3.63, 3.8) is 0 Å². The summed E-state index contributed by atoms with van der Waals surface area (Å²) in [5, 5.41) is 12.4. The van der Waals surface area contributed by atoms with E-state index < -0.39 is 5.54 Å². The van der Waals surface area contributed by atoms with Crippen molar-refractivity contribution in [3.05, 3.63) is 0 Å². The Morgan fingerprint density at radius 3 is 2.53 bits per heavy atom. The normalized spacial score (nSPS) is 38.7. The van der Waals surface area contributed by atoms with Gasteiger partial charge in [-0.1, -0.05) is 13.3 Å². The third-order valence-corrected chi connectivity index (χ3v) is 4.64. The van der Waals surface area contributed by atoms with Crippen molar-refractivity contribution in [2.24, 2.45) is 5.92 Å². The lowest BCUT2D eigenvalue weighted by Crippen LogP contribution is -2.52. The SMILES string of the molecule is CCC1CCC(C#N)(NC(=O)C2CCC(C)O2)CC1. The summed E-state index contributed by atoms with van der Waals surface area (Å²) in [6.45, 7) is 4.18. The van der Waals surface area contributed by atoms with Crippen LogP contribution in [0.2, 0.25) is 0 Å². The van der Waals surface area contributed by atoms with Gasteiger partial charge in [-0.3, -0.25) is 4.79 Å². The molecule has 1 heterocycles. The summed E-state index contributed by atoms with van der Waals surface area (Å²) in [6.07, 6.45) is 6.28. The van der Waals surface area contributed by atoms with Gasteiger partial charge >= 0.3 is 0 Å². The number of nitrogens with zero attached hydrogens (tertiary/aromatic N) is 1. The number of nitrogens with one attached hydrogen (secondary N) is 1. The third-order valence-electron chi connectivity index (χ3n) is 4.64. The number of carbonyl (C=O) groups is 1. The van der Waals surface area contributed by atoms with E-state index in [0.717, 1.165) is 38.5 Å². The predicted octanol–water partition coefficient (Wildman–Crippen LogP) is 2.53. The third kappa shape index (κ3) is 3.27. The van der Waals surface area contributed by atoms with E-state index >= 15 is 0 Å². The Hall–Kier alpha value is -1.08. The molecule has 1 amide bonds. The molecule has 0 aromatic rings. The van der Waals surface area contributed by atoms with Crippen LogP contribution in [0.4, 0.5) is 0 Å². The lowest BCUT2D eigenvalue weighted by Gasteiger charge is -2.35. The van der Waals surface area contributed by atoms with Crippen molar-refractivity contribution in [2.75, 3.05) is 0 Å². The molecule has 2 unspecified atom stereocenters. The van der Waals surface area contributed by atoms with Gasteiger partial charge in [0, 0.05) is 0 Å². The van der Waals surface area contributed by atoms with Gasteiger partial charge in [0.1, 0.15) is 11.6 Å². The minimum Gasteiger partial charge on any atom is -0.365 e. The second kappa shape index (κ2) is 5.92. The van der Waals surface area contributed by atoms with Gasteiger partial charge in [-0.2, -0.15) is 5.26 Å². The van der Waals surface area contributed by atoms with Crippen molar-refractivity contribution >= 4 is 5.91 Å². The Balaban J connectivity index is 1.92. The highest BCUT2D eigenvalue weighted by atomic mass is 16.5. The van der Waals surface area contributed by atoms with E-state index in [-0.39, 0.29) is 18.1 Å². The molecule has 19 heavy (non-hydrogen) atoms. The molecule has 2 fully saturated rings. The van der Waals surface area contributed by atoms with Gasteiger partial charge in [0.25, 0.3) is 0 Å². The van der Waals surface area contributed by atoms with E-state index in [2.05, 4.69) is 18.3 Å². The monoisotopic (exact) mass is 264 g/mol. The summed E-state index contributed by atoms with van der Waals surface area (Å²) in [5.41, 5.74) is -0.655. The van der Waals surface area contributed by atoms with Crippen LogP contribution >= 0.6 is 0 Å². The van der Waals surface area contributed by atoms with Gasteiger partial charge in [-0.05, 0) is 51.4 Å². The van der Waals surface area contributed by atoms with Crippen LogP contribution in [-0.2, 0) is 9.53 Å². The van der Waals surface area contributed by atoms with Crippen molar-refractivity contribution < 1.29 is 9.53 Å². The summed E-state index contributed by atoms with van der Waals surface area (Å²) in [7, 11) is 0. The van der Waals surface area contributed by atoms with Crippen molar-refractivity contribution in [3.8, 4) is 6.07 Å². The molecule has 2 atom stereocenters. The summed E-state index contributed by atoms with van der Waals surface area (Å²) >= 11 is 0. The average Bonchev–Trinajstić information content (AvgIpc) is 2.86. The van der Waals surface area contributed by atoms with Gasteiger partial charge < -0.3 is 10.1 Å². The number of amides is 1. The minimum atomic E-state index is -0.655. The zero-order chi connectivity index (χ0) is 13.9. The van der Waals surface area contributed by atoms with E-state index in [1.165, 1.54) is 6.42 Å². The van der Waals surface area contributed by atoms with Gasteiger partial charge in [0.15, 0.2) is 0 Å². The second-order valence-corrected chi connectivity index (χ2v) is 6.05. The molecule has 2 rings (SSSR count). The van der Waals surface area contributed by atoms with Gasteiger partial charge in [-0.25, -0.2) is 0 Å². The number of carbonyl (C=O) groups excluding carboxylic acids is 1. The maximum Gasteiger partial charge on any atom is 0.250 e. The molecule has 0 aromatic carbocycles. The molecule has 0 spiro atoms. The number of ether oxygens (including phenoxy) is 1. The largest absolute Gasteiger partial charge is 0.365 e. The van der Waals surface area contributed by atoms with Crippen LogP contribution in [0.25, 0.3) is 0 Å². The molecule has 1 aliphatic heterocycles. The highest BCUT2D eigenvalue weighted by molar-refractivity contribution is 5.82. The predicted molar refractivity (Wildman–Crippen MR) is 72.3 cm³/mol. The van der Waals surface area contributed by atoms with Crippen molar-refractivity contribution in [2.45, 2.75) is 76.5 Å². The average molecular weight is 264 g/mol. The smallest absolute Gasteiger partial charge is 0.250 e. The zero-order valence-electron chi connectivity index (χ0n) is 11.9. The van der Waals surface area contributed by atoms with Gasteiger partial charge in [0.2, 0.25) is 5.91 Å². The van der Waals surface area contributed by atoms with Crippen LogP contribution in [0.5, 0.6) is 0 Å². The number of rotatable bonds is 3. The van der Waals surface area contributed by atoms with Crippen molar-refractivity contribution in [1.82, 2.24) is 5.32 Å². The molecule has 106 valence electrons. The quantitative estimate of drug-likeness (QED) is 0.852. The summed E-state index contributed by atoms with van der Waals surface area (Å²) in [6, 6.07) is 2.34. The van der Waals surface area contributed by atoms with Crippen molar-refractivity contribution in [1.29, 1.82) is 5.26 Å². The molecule has 1 N–H and O–H groups in total. The van der Waals surface area contributed by atoms with Gasteiger partial charge in [0.05, 0.1) is 12.2 Å². The topological polar surface area (TPSA) is 62.1 Å². The molecule has 0 radical (unpaired) electrons. The Bertz CT molecular complexity index is 367. The highest BCUT2D eigenvalue weighted by Gasteiger charge is 2.39. The van der Waals surface area contributed by atoms with Crippen LogP contribution in [0.1, 0.15) is 58.8 Å². The minimum absolute atomic E-state index is 0.0964. The number of hydrogen-bond acceptors (Lipinski definition) is 3. The summed E-state index contributed by atoms with van der Waals surface area (Å²) in [4.78, 5) is 12.2. The standard InChI is InChI=1S/C15H24N2O2/c1-3-12-6-8-15(10-16,9-7-12)17-14(18)13-5-4-11(2)19-13/h11-13H,3-9H2,1-2H3,(H,17,18). The highest BCUT2D eigenvalue weighted by Crippen LogP contribution is 2.33. The van der Waals surface area contributed by atoms with Crippen LogP contribution in [0, 0.1) is 17.2 Å². The summed E-state index contributed by atoms with van der Waals surface area (Å²) in [5.74, 6) is 0.613. The van der Waals surface area contributed by atoms with Crippen LogP contribution < -0.4 is 5.32 Å². The van der Waals surface area contributed by atoms with Crippen LogP contribution in [0.3, 0.4) is 0 Å². The molecular formula is C15H24N2O2. The Morgan fingerprint density at radius 2 is 2.05 bits per heavy atom. The van der Waals surface area contributed by atoms with Crippen LogP contribution in [-0.4, -0.2) is 23.7 Å². The molecule has 2 aliphatic rings. The number of hydrogen-bond donors (Lipinski definition) is 1. The van der Waals surface area contributed by atoms with Gasteiger partial charge in [-0.15, -0.1) is 0 Å². The fourth-order valence-electron chi connectivity index (χ4n) is 3.16. The zero-order valence-corrected chi connectivity index (χ0v) is 11.9. The fraction of sp³-hybridized carbons (Fsp3) is 0.867. The molecule has 4 nitrogen and oxygen atoms in total. The molecule has 0 aromatic heterocycles. The first-order valence-corrected chi connectivity index (χ1v) is 7.47. The maximum absolute atomic E-state index is 12.2. The van der Waals surface area contributed by atoms with E-state index in [4.69, 9.17) is 4.74 Å². The van der Waals surface area contributed by atoms with E-state index in [1.54, 1.807) is 0 Å². The molecule has 0 bridgehead atoms. The number of nitriles is 1. The van der Waals surface area contributed by atoms with E-state index in [0.29, 0.717) is 5.92 Å². The molecule has 1 saturated carbocycles.